The summed E-state index contributed by atoms with van der Waals surface area (Å²) in [4.78, 5) is 0. The molecular formula is C19H22FN. The summed E-state index contributed by atoms with van der Waals surface area (Å²) < 4.78 is 13.6. The van der Waals surface area contributed by atoms with E-state index in [9.17, 15) is 4.39 Å². The molecule has 2 aromatic carbocycles. The van der Waals surface area contributed by atoms with Gasteiger partial charge >= 0.3 is 0 Å². The molecule has 0 aromatic heterocycles. The van der Waals surface area contributed by atoms with Gasteiger partial charge in [-0.25, -0.2) is 4.39 Å². The average molecular weight is 283 g/mol. The van der Waals surface area contributed by atoms with E-state index in [0.717, 1.165) is 25.1 Å². The van der Waals surface area contributed by atoms with E-state index in [1.54, 1.807) is 6.07 Å². The molecule has 1 aliphatic rings. The molecule has 0 saturated carbocycles. The Balaban J connectivity index is 2.00. The smallest absolute Gasteiger partial charge is 0.123 e. The summed E-state index contributed by atoms with van der Waals surface area (Å²) in [5.41, 5.74) is 5.17. The molecular weight excluding hydrogens is 261 g/mol. The molecule has 2 unspecified atom stereocenters. The minimum absolute atomic E-state index is 0.141. The molecule has 1 nitrogen and oxygen atoms in total. The molecule has 0 amide bonds. The quantitative estimate of drug-likeness (QED) is 0.866. The van der Waals surface area contributed by atoms with Gasteiger partial charge in [-0.3, -0.25) is 0 Å². The van der Waals surface area contributed by atoms with E-state index in [1.165, 1.54) is 22.8 Å². The minimum Gasteiger partial charge on any atom is -0.316 e. The monoisotopic (exact) mass is 283 g/mol. The van der Waals surface area contributed by atoms with E-state index in [-0.39, 0.29) is 5.82 Å². The second-order valence-electron chi connectivity index (χ2n) is 6.12. The van der Waals surface area contributed by atoms with Crippen LogP contribution in [0.5, 0.6) is 0 Å². The number of hydrogen-bond acceptors (Lipinski definition) is 1. The van der Waals surface area contributed by atoms with Crippen LogP contribution in [0.15, 0.2) is 42.5 Å². The van der Waals surface area contributed by atoms with E-state index in [1.807, 2.05) is 6.07 Å². The van der Waals surface area contributed by atoms with Crippen LogP contribution >= 0.6 is 0 Å². The Labute approximate surface area is 126 Å². The molecule has 21 heavy (non-hydrogen) atoms. The first-order chi connectivity index (χ1) is 10.1. The van der Waals surface area contributed by atoms with Crippen LogP contribution in [0.3, 0.4) is 0 Å². The fourth-order valence-electron chi connectivity index (χ4n) is 3.48. The maximum Gasteiger partial charge on any atom is 0.123 e. The lowest BCUT2D eigenvalue weighted by molar-refractivity contribution is 0.402. The van der Waals surface area contributed by atoms with Crippen LogP contribution < -0.4 is 5.32 Å². The van der Waals surface area contributed by atoms with Gasteiger partial charge in [0.2, 0.25) is 0 Å². The lowest BCUT2D eigenvalue weighted by atomic mass is 9.76. The van der Waals surface area contributed by atoms with Crippen molar-refractivity contribution in [3.63, 3.8) is 0 Å². The normalized spacial score (nSPS) is 22.2. The number of aryl methyl sites for hydroxylation is 2. The number of halogens is 1. The Morgan fingerprint density at radius 2 is 1.90 bits per heavy atom. The van der Waals surface area contributed by atoms with Crippen LogP contribution in [-0.4, -0.2) is 13.1 Å². The maximum absolute atomic E-state index is 13.6. The lowest BCUT2D eigenvalue weighted by Gasteiger charge is -2.34. The first kappa shape index (κ1) is 14.3. The number of rotatable bonds is 2. The fraction of sp³-hybridized carbons (Fsp3) is 0.368. The van der Waals surface area contributed by atoms with Gasteiger partial charge in [0.15, 0.2) is 0 Å². The van der Waals surface area contributed by atoms with E-state index in [2.05, 4.69) is 43.4 Å². The lowest BCUT2D eigenvalue weighted by Crippen LogP contribution is -2.34. The molecule has 0 aliphatic carbocycles. The summed E-state index contributed by atoms with van der Waals surface area (Å²) in [6.45, 7) is 6.27. The Morgan fingerprint density at radius 1 is 1.05 bits per heavy atom. The second kappa shape index (κ2) is 5.98. The number of benzene rings is 2. The molecule has 1 N–H and O–H groups in total. The molecule has 3 rings (SSSR count). The van der Waals surface area contributed by atoms with Gasteiger partial charge in [-0.05, 0) is 61.6 Å². The van der Waals surface area contributed by atoms with Crippen LogP contribution in [0.4, 0.5) is 4.39 Å². The van der Waals surface area contributed by atoms with Crippen molar-refractivity contribution in [3.05, 3.63) is 70.5 Å². The zero-order valence-corrected chi connectivity index (χ0v) is 12.7. The average Bonchev–Trinajstić information content (AvgIpc) is 2.50. The van der Waals surface area contributed by atoms with Crippen molar-refractivity contribution in [3.8, 4) is 0 Å². The number of hydrogen-bond donors (Lipinski definition) is 1. The summed E-state index contributed by atoms with van der Waals surface area (Å²) in [6.07, 6.45) is 1.10. The maximum atomic E-state index is 13.6. The van der Waals surface area contributed by atoms with Crippen LogP contribution in [0.2, 0.25) is 0 Å². The van der Waals surface area contributed by atoms with Gasteiger partial charge in [-0.15, -0.1) is 0 Å². The van der Waals surface area contributed by atoms with Crippen LogP contribution in [0.1, 0.15) is 40.5 Å². The third-order valence-electron chi connectivity index (χ3n) is 4.59. The summed E-state index contributed by atoms with van der Waals surface area (Å²) in [7, 11) is 0. The first-order valence-electron chi connectivity index (χ1n) is 7.68. The van der Waals surface area contributed by atoms with Crippen molar-refractivity contribution < 1.29 is 4.39 Å². The Hall–Kier alpha value is -1.67. The predicted octanol–water partition coefficient (Wildman–Crippen LogP) is 4.30. The SMILES string of the molecule is Cc1ccc(C)c(C2CCNCC2c2cccc(F)c2)c1. The summed E-state index contributed by atoms with van der Waals surface area (Å²) in [5, 5.41) is 3.46. The molecule has 1 saturated heterocycles. The highest BCUT2D eigenvalue weighted by Gasteiger charge is 2.28. The molecule has 2 aromatic rings. The van der Waals surface area contributed by atoms with Gasteiger partial charge in [0.05, 0.1) is 0 Å². The van der Waals surface area contributed by atoms with Crippen LogP contribution in [-0.2, 0) is 0 Å². The molecule has 0 bridgehead atoms. The molecule has 1 heterocycles. The van der Waals surface area contributed by atoms with Gasteiger partial charge in [0.25, 0.3) is 0 Å². The van der Waals surface area contributed by atoms with E-state index < -0.39 is 0 Å². The molecule has 0 spiro atoms. The van der Waals surface area contributed by atoms with Crippen molar-refractivity contribution in [1.29, 1.82) is 0 Å². The van der Waals surface area contributed by atoms with E-state index >= 15 is 0 Å². The topological polar surface area (TPSA) is 12.0 Å². The van der Waals surface area contributed by atoms with Gasteiger partial charge in [0.1, 0.15) is 5.82 Å². The zero-order valence-electron chi connectivity index (χ0n) is 12.7. The van der Waals surface area contributed by atoms with Crippen molar-refractivity contribution in [2.45, 2.75) is 32.1 Å². The minimum atomic E-state index is -0.141. The molecule has 0 radical (unpaired) electrons. The predicted molar refractivity (Wildman–Crippen MR) is 85.3 cm³/mol. The zero-order chi connectivity index (χ0) is 14.8. The summed E-state index contributed by atoms with van der Waals surface area (Å²) in [6, 6.07) is 13.8. The third-order valence-corrected chi connectivity index (χ3v) is 4.59. The van der Waals surface area contributed by atoms with Crippen molar-refractivity contribution >= 4 is 0 Å². The van der Waals surface area contributed by atoms with Crippen LogP contribution in [0.25, 0.3) is 0 Å². The highest BCUT2D eigenvalue weighted by atomic mass is 19.1. The fourth-order valence-corrected chi connectivity index (χ4v) is 3.48. The number of nitrogens with one attached hydrogen (secondary N) is 1. The number of piperidine rings is 1. The van der Waals surface area contributed by atoms with Gasteiger partial charge < -0.3 is 5.32 Å². The highest BCUT2D eigenvalue weighted by molar-refractivity contribution is 5.37. The molecule has 1 fully saturated rings. The van der Waals surface area contributed by atoms with Gasteiger partial charge in [-0.1, -0.05) is 35.9 Å². The van der Waals surface area contributed by atoms with Crippen molar-refractivity contribution in [2.24, 2.45) is 0 Å². The van der Waals surface area contributed by atoms with Crippen LogP contribution in [0, 0.1) is 19.7 Å². The van der Waals surface area contributed by atoms with E-state index in [0.29, 0.717) is 11.8 Å². The van der Waals surface area contributed by atoms with Gasteiger partial charge in [-0.2, -0.15) is 0 Å². The molecule has 2 atom stereocenters. The molecule has 2 heteroatoms. The Morgan fingerprint density at radius 3 is 2.71 bits per heavy atom. The second-order valence-corrected chi connectivity index (χ2v) is 6.12. The Bertz CT molecular complexity index is 635. The van der Waals surface area contributed by atoms with Gasteiger partial charge in [0, 0.05) is 12.5 Å². The highest BCUT2D eigenvalue weighted by Crippen LogP contribution is 2.39. The summed E-state index contributed by atoms with van der Waals surface area (Å²) >= 11 is 0. The van der Waals surface area contributed by atoms with Crippen molar-refractivity contribution in [1.82, 2.24) is 5.32 Å². The largest absolute Gasteiger partial charge is 0.316 e. The molecule has 110 valence electrons. The first-order valence-corrected chi connectivity index (χ1v) is 7.68. The Kier molecular flexibility index (Phi) is 4.07. The molecule has 1 aliphatic heterocycles. The standard InChI is InChI=1S/C19H22FN/c1-13-6-7-14(2)18(10-13)17-8-9-21-12-19(17)15-4-3-5-16(20)11-15/h3-7,10-11,17,19,21H,8-9,12H2,1-2H3. The van der Waals surface area contributed by atoms with E-state index in [4.69, 9.17) is 0 Å². The summed E-state index contributed by atoms with van der Waals surface area (Å²) in [5.74, 6) is 0.667. The third kappa shape index (κ3) is 3.01. The van der Waals surface area contributed by atoms with Crippen molar-refractivity contribution in [2.75, 3.05) is 13.1 Å².